The zero-order valence-electron chi connectivity index (χ0n) is 8.25. The smallest absolute Gasteiger partial charge is 0.313 e. The van der Waals surface area contributed by atoms with Gasteiger partial charge >= 0.3 is 5.97 Å². The summed E-state index contributed by atoms with van der Waals surface area (Å²) in [6.45, 7) is 5.44. The monoisotopic (exact) mass is 182 g/mol. The first-order chi connectivity index (χ1) is 6.11. The van der Waals surface area contributed by atoms with Crippen molar-refractivity contribution in [3.63, 3.8) is 0 Å². The van der Waals surface area contributed by atoms with Crippen LogP contribution in [0.25, 0.3) is 0 Å². The molecule has 1 N–H and O–H groups in total. The topological polar surface area (TPSA) is 37.3 Å². The molecule has 0 heterocycles. The predicted octanol–water partition coefficient (Wildman–Crippen LogP) is 2.84. The second-order valence-corrected chi connectivity index (χ2v) is 4.13. The van der Waals surface area contributed by atoms with E-state index in [4.69, 9.17) is 5.11 Å². The largest absolute Gasteiger partial charge is 0.481 e. The third-order valence-electron chi connectivity index (χ3n) is 3.34. The molecule has 0 aliphatic heterocycles. The molecular formula is C11H18O2. The molecule has 1 rings (SSSR count). The standard InChI is InChI=1S/C11H18O2/c1-3-11(2,10(12)13)9-7-5-4-6-8-9/h3,9H,1,4-8H2,2H3,(H,12,13). The van der Waals surface area contributed by atoms with Crippen molar-refractivity contribution >= 4 is 5.97 Å². The molecule has 0 bridgehead atoms. The number of hydrogen-bond acceptors (Lipinski definition) is 1. The van der Waals surface area contributed by atoms with Crippen molar-refractivity contribution in [2.24, 2.45) is 11.3 Å². The van der Waals surface area contributed by atoms with Crippen molar-refractivity contribution in [1.82, 2.24) is 0 Å². The molecule has 0 aromatic heterocycles. The first-order valence-electron chi connectivity index (χ1n) is 4.98. The van der Waals surface area contributed by atoms with Crippen LogP contribution in [0.3, 0.4) is 0 Å². The third kappa shape index (κ3) is 1.93. The van der Waals surface area contributed by atoms with E-state index in [9.17, 15) is 4.79 Å². The van der Waals surface area contributed by atoms with Gasteiger partial charge in [-0.15, -0.1) is 6.58 Å². The molecule has 13 heavy (non-hydrogen) atoms. The van der Waals surface area contributed by atoms with Gasteiger partial charge in [-0.3, -0.25) is 4.79 Å². The number of carboxylic acids is 1. The van der Waals surface area contributed by atoms with Gasteiger partial charge < -0.3 is 5.11 Å². The molecule has 1 saturated carbocycles. The van der Waals surface area contributed by atoms with Crippen LogP contribution in [0.5, 0.6) is 0 Å². The molecule has 0 aromatic carbocycles. The maximum Gasteiger partial charge on any atom is 0.313 e. The molecule has 2 heteroatoms. The van der Waals surface area contributed by atoms with Crippen LogP contribution in [0.4, 0.5) is 0 Å². The number of rotatable bonds is 3. The van der Waals surface area contributed by atoms with E-state index in [1.54, 1.807) is 13.0 Å². The van der Waals surface area contributed by atoms with E-state index in [0.717, 1.165) is 12.8 Å². The third-order valence-corrected chi connectivity index (χ3v) is 3.34. The highest BCUT2D eigenvalue weighted by Gasteiger charge is 2.38. The maximum atomic E-state index is 11.1. The molecule has 0 amide bonds. The Hall–Kier alpha value is -0.790. The lowest BCUT2D eigenvalue weighted by molar-refractivity contribution is -0.148. The average molecular weight is 182 g/mol. The fraction of sp³-hybridized carbons (Fsp3) is 0.727. The Kier molecular flexibility index (Phi) is 3.12. The van der Waals surface area contributed by atoms with E-state index in [1.165, 1.54) is 19.3 Å². The van der Waals surface area contributed by atoms with Crippen LogP contribution in [0.2, 0.25) is 0 Å². The van der Waals surface area contributed by atoms with Crippen LogP contribution in [-0.4, -0.2) is 11.1 Å². The molecule has 74 valence electrons. The summed E-state index contributed by atoms with van der Waals surface area (Å²) in [5, 5.41) is 9.11. The molecule has 0 saturated heterocycles. The van der Waals surface area contributed by atoms with Crippen molar-refractivity contribution in [3.8, 4) is 0 Å². The summed E-state index contributed by atoms with van der Waals surface area (Å²) < 4.78 is 0. The summed E-state index contributed by atoms with van der Waals surface area (Å²) in [6, 6.07) is 0. The minimum atomic E-state index is -0.727. The van der Waals surface area contributed by atoms with E-state index in [-0.39, 0.29) is 5.92 Å². The maximum absolute atomic E-state index is 11.1. The summed E-state index contributed by atoms with van der Waals surface area (Å²) >= 11 is 0. The van der Waals surface area contributed by atoms with E-state index < -0.39 is 11.4 Å². The van der Waals surface area contributed by atoms with Gasteiger partial charge in [0.05, 0.1) is 5.41 Å². The molecule has 0 spiro atoms. The molecule has 0 aromatic rings. The van der Waals surface area contributed by atoms with Crippen molar-refractivity contribution in [3.05, 3.63) is 12.7 Å². The summed E-state index contributed by atoms with van der Waals surface area (Å²) in [6.07, 6.45) is 7.26. The van der Waals surface area contributed by atoms with E-state index in [1.807, 2.05) is 0 Å². The van der Waals surface area contributed by atoms with Gasteiger partial charge in [0.15, 0.2) is 0 Å². The second kappa shape index (κ2) is 3.95. The Balaban J connectivity index is 2.74. The van der Waals surface area contributed by atoms with Crippen molar-refractivity contribution in [2.75, 3.05) is 0 Å². The zero-order chi connectivity index (χ0) is 9.90. The van der Waals surface area contributed by atoms with E-state index in [0.29, 0.717) is 0 Å². The molecule has 1 atom stereocenters. The Morgan fingerprint density at radius 1 is 1.46 bits per heavy atom. The fourth-order valence-corrected chi connectivity index (χ4v) is 2.13. The lowest BCUT2D eigenvalue weighted by atomic mass is 9.70. The van der Waals surface area contributed by atoms with Crippen molar-refractivity contribution in [1.29, 1.82) is 0 Å². The second-order valence-electron chi connectivity index (χ2n) is 4.13. The van der Waals surface area contributed by atoms with Gasteiger partial charge in [0.1, 0.15) is 0 Å². The van der Waals surface area contributed by atoms with Crippen molar-refractivity contribution in [2.45, 2.75) is 39.0 Å². The van der Waals surface area contributed by atoms with Gasteiger partial charge in [0.25, 0.3) is 0 Å². The highest BCUT2D eigenvalue weighted by atomic mass is 16.4. The van der Waals surface area contributed by atoms with Gasteiger partial charge in [0, 0.05) is 0 Å². The van der Waals surface area contributed by atoms with Crippen LogP contribution in [0, 0.1) is 11.3 Å². The minimum Gasteiger partial charge on any atom is -0.481 e. The number of hydrogen-bond donors (Lipinski definition) is 1. The van der Waals surface area contributed by atoms with Crippen LogP contribution >= 0.6 is 0 Å². The van der Waals surface area contributed by atoms with Gasteiger partial charge in [-0.1, -0.05) is 25.3 Å². The van der Waals surface area contributed by atoms with Crippen LogP contribution in [-0.2, 0) is 4.79 Å². The van der Waals surface area contributed by atoms with E-state index in [2.05, 4.69) is 6.58 Å². The normalized spacial score (nSPS) is 23.5. The highest BCUT2D eigenvalue weighted by Crippen LogP contribution is 2.39. The van der Waals surface area contributed by atoms with Gasteiger partial charge in [-0.2, -0.15) is 0 Å². The molecule has 1 aliphatic rings. The lowest BCUT2D eigenvalue weighted by Crippen LogP contribution is -2.35. The Morgan fingerprint density at radius 3 is 2.38 bits per heavy atom. The minimum absolute atomic E-state index is 0.288. The molecule has 2 nitrogen and oxygen atoms in total. The number of aliphatic carboxylic acids is 1. The van der Waals surface area contributed by atoms with Crippen LogP contribution in [0.15, 0.2) is 12.7 Å². The zero-order valence-corrected chi connectivity index (χ0v) is 8.25. The average Bonchev–Trinajstić information content (AvgIpc) is 2.17. The molecule has 1 unspecified atom stereocenters. The van der Waals surface area contributed by atoms with E-state index >= 15 is 0 Å². The molecule has 1 fully saturated rings. The fourth-order valence-electron chi connectivity index (χ4n) is 2.13. The summed E-state index contributed by atoms with van der Waals surface area (Å²) in [7, 11) is 0. The van der Waals surface area contributed by atoms with Gasteiger partial charge in [-0.05, 0) is 25.7 Å². The SMILES string of the molecule is C=CC(C)(C(=O)O)C1CCCCC1. The Bertz CT molecular complexity index is 204. The molecule has 1 aliphatic carbocycles. The first kappa shape index (κ1) is 10.3. The summed E-state index contributed by atoms with van der Waals surface area (Å²) in [4.78, 5) is 11.1. The Labute approximate surface area is 79.6 Å². The molecular weight excluding hydrogens is 164 g/mol. The quantitative estimate of drug-likeness (QED) is 0.681. The Morgan fingerprint density at radius 2 is 2.00 bits per heavy atom. The van der Waals surface area contributed by atoms with Crippen LogP contribution in [0.1, 0.15) is 39.0 Å². The lowest BCUT2D eigenvalue weighted by Gasteiger charge is -2.33. The van der Waals surface area contributed by atoms with Gasteiger partial charge in [0.2, 0.25) is 0 Å². The highest BCUT2D eigenvalue weighted by molar-refractivity contribution is 5.76. The number of carboxylic acid groups (broad SMARTS) is 1. The van der Waals surface area contributed by atoms with Crippen molar-refractivity contribution < 1.29 is 9.90 Å². The van der Waals surface area contributed by atoms with Crippen LogP contribution < -0.4 is 0 Å². The first-order valence-corrected chi connectivity index (χ1v) is 4.98. The predicted molar refractivity (Wildman–Crippen MR) is 52.5 cm³/mol. The van der Waals surface area contributed by atoms with Gasteiger partial charge in [-0.25, -0.2) is 0 Å². The molecule has 0 radical (unpaired) electrons. The summed E-state index contributed by atoms with van der Waals surface area (Å²) in [5.41, 5.74) is -0.708. The number of carbonyl (C=O) groups is 1. The summed E-state index contributed by atoms with van der Waals surface area (Å²) in [5.74, 6) is -0.439.